The van der Waals surface area contributed by atoms with Crippen LogP contribution in [0, 0.1) is 0 Å². The van der Waals surface area contributed by atoms with Gasteiger partial charge in [-0.2, -0.15) is 18.3 Å². The lowest BCUT2D eigenvalue weighted by molar-refractivity contribution is -0.137. The largest absolute Gasteiger partial charge is 0.416 e. The molecule has 0 atom stereocenters. The van der Waals surface area contributed by atoms with Gasteiger partial charge < -0.3 is 5.32 Å². The van der Waals surface area contributed by atoms with Gasteiger partial charge in [0.1, 0.15) is 0 Å². The second kappa shape index (κ2) is 5.17. The van der Waals surface area contributed by atoms with E-state index in [9.17, 15) is 13.2 Å². The van der Waals surface area contributed by atoms with Gasteiger partial charge in [-0.3, -0.25) is 0 Å². The summed E-state index contributed by atoms with van der Waals surface area (Å²) >= 11 is 0. The molecule has 1 heterocycles. The van der Waals surface area contributed by atoms with Crippen LogP contribution in [0.15, 0.2) is 43.2 Å². The molecule has 19 heavy (non-hydrogen) atoms. The number of nitrogens with one attached hydrogen (secondary N) is 1. The number of anilines is 1. The van der Waals surface area contributed by atoms with Crippen molar-refractivity contribution < 1.29 is 13.2 Å². The Hall–Kier alpha value is -2.24. The highest BCUT2D eigenvalue weighted by atomic mass is 19.4. The molecule has 2 aromatic rings. The Balaban J connectivity index is 1.98. The number of benzene rings is 1. The zero-order valence-corrected chi connectivity index (χ0v) is 9.98. The van der Waals surface area contributed by atoms with Gasteiger partial charge in [0.25, 0.3) is 0 Å². The molecule has 0 aliphatic heterocycles. The molecule has 0 unspecified atom stereocenters. The van der Waals surface area contributed by atoms with Crippen LogP contribution in [0.1, 0.15) is 11.1 Å². The molecule has 1 aromatic heterocycles. The summed E-state index contributed by atoms with van der Waals surface area (Å²) in [6, 6.07) is 4.91. The Bertz CT molecular complexity index is 555. The van der Waals surface area contributed by atoms with Crippen LogP contribution in [-0.2, 0) is 12.7 Å². The molecular formula is C13H12F3N3. The first-order valence-electron chi connectivity index (χ1n) is 5.56. The van der Waals surface area contributed by atoms with Crippen molar-refractivity contribution in [2.45, 2.75) is 12.7 Å². The van der Waals surface area contributed by atoms with Crippen LogP contribution in [0.25, 0.3) is 6.20 Å². The quantitative estimate of drug-likeness (QED) is 0.917. The summed E-state index contributed by atoms with van der Waals surface area (Å²) in [5.74, 6) is 0. The molecule has 2 rings (SSSR count). The summed E-state index contributed by atoms with van der Waals surface area (Å²) in [5.41, 5.74) is 0.886. The number of rotatable bonds is 4. The van der Waals surface area contributed by atoms with Crippen LogP contribution in [0.4, 0.5) is 18.9 Å². The molecular weight excluding hydrogens is 255 g/mol. The van der Waals surface area contributed by atoms with Crippen molar-refractivity contribution >= 4 is 11.9 Å². The average Bonchev–Trinajstić information content (AvgIpc) is 2.84. The van der Waals surface area contributed by atoms with Crippen molar-refractivity contribution in [1.29, 1.82) is 0 Å². The minimum Gasteiger partial charge on any atom is -0.381 e. The molecule has 0 amide bonds. The van der Waals surface area contributed by atoms with Crippen LogP contribution in [0.3, 0.4) is 0 Å². The van der Waals surface area contributed by atoms with E-state index in [-0.39, 0.29) is 0 Å². The monoisotopic (exact) mass is 267 g/mol. The predicted molar refractivity (Wildman–Crippen MR) is 67.4 cm³/mol. The maximum Gasteiger partial charge on any atom is 0.416 e. The average molecular weight is 267 g/mol. The van der Waals surface area contributed by atoms with Gasteiger partial charge in [-0.05, 0) is 24.3 Å². The van der Waals surface area contributed by atoms with E-state index in [0.29, 0.717) is 12.2 Å². The van der Waals surface area contributed by atoms with E-state index >= 15 is 0 Å². The minimum absolute atomic E-state index is 0.485. The molecule has 0 saturated heterocycles. The van der Waals surface area contributed by atoms with E-state index in [0.717, 1.165) is 17.7 Å². The number of hydrogen-bond acceptors (Lipinski definition) is 2. The number of nitrogens with zero attached hydrogens (tertiary/aromatic N) is 2. The van der Waals surface area contributed by atoms with Gasteiger partial charge in [0.15, 0.2) is 0 Å². The van der Waals surface area contributed by atoms with Gasteiger partial charge in [-0.25, -0.2) is 4.68 Å². The molecule has 1 aromatic carbocycles. The van der Waals surface area contributed by atoms with Crippen molar-refractivity contribution in [2.75, 3.05) is 5.32 Å². The van der Waals surface area contributed by atoms with Crippen LogP contribution >= 0.6 is 0 Å². The number of hydrogen-bond donors (Lipinski definition) is 1. The molecule has 0 bridgehead atoms. The van der Waals surface area contributed by atoms with Crippen LogP contribution < -0.4 is 5.32 Å². The van der Waals surface area contributed by atoms with Gasteiger partial charge in [-0.15, -0.1) is 0 Å². The van der Waals surface area contributed by atoms with E-state index in [1.807, 2.05) is 0 Å². The maximum absolute atomic E-state index is 12.4. The Morgan fingerprint density at radius 2 is 1.95 bits per heavy atom. The zero-order valence-electron chi connectivity index (χ0n) is 9.98. The number of alkyl halides is 3. The second-order valence-electron chi connectivity index (χ2n) is 3.94. The number of aromatic nitrogens is 2. The molecule has 100 valence electrons. The summed E-state index contributed by atoms with van der Waals surface area (Å²) in [6.45, 7) is 4.05. The lowest BCUT2D eigenvalue weighted by Gasteiger charge is -2.08. The van der Waals surface area contributed by atoms with Gasteiger partial charge in [0, 0.05) is 30.2 Å². The minimum atomic E-state index is -4.30. The lowest BCUT2D eigenvalue weighted by atomic mass is 10.2. The topological polar surface area (TPSA) is 29.9 Å². The molecule has 6 heteroatoms. The molecule has 3 nitrogen and oxygen atoms in total. The molecule has 0 aliphatic rings. The van der Waals surface area contributed by atoms with Crippen LogP contribution in [0.5, 0.6) is 0 Å². The van der Waals surface area contributed by atoms with E-state index in [1.165, 1.54) is 12.1 Å². The van der Waals surface area contributed by atoms with E-state index < -0.39 is 11.7 Å². The van der Waals surface area contributed by atoms with E-state index in [1.54, 1.807) is 23.3 Å². The standard InChI is InChI=1S/C13H12F3N3/c1-2-19-9-10(8-18-19)7-17-12-5-3-11(4-6-12)13(14,15)16/h2-6,8-9,17H,1,7H2. The fourth-order valence-corrected chi connectivity index (χ4v) is 1.55. The highest BCUT2D eigenvalue weighted by Crippen LogP contribution is 2.29. The van der Waals surface area contributed by atoms with Gasteiger partial charge in [0.05, 0.1) is 11.8 Å². The van der Waals surface area contributed by atoms with E-state index in [2.05, 4.69) is 17.0 Å². The fourth-order valence-electron chi connectivity index (χ4n) is 1.55. The summed E-state index contributed by atoms with van der Waals surface area (Å²) in [7, 11) is 0. The fraction of sp³-hybridized carbons (Fsp3) is 0.154. The van der Waals surface area contributed by atoms with Crippen LogP contribution in [0.2, 0.25) is 0 Å². The Morgan fingerprint density at radius 3 is 2.47 bits per heavy atom. The molecule has 0 spiro atoms. The first-order valence-corrected chi connectivity index (χ1v) is 5.56. The summed E-state index contributed by atoms with van der Waals surface area (Å²) in [5, 5.41) is 7.03. The number of halogens is 3. The van der Waals surface area contributed by atoms with Crippen molar-refractivity contribution in [3.63, 3.8) is 0 Å². The maximum atomic E-state index is 12.4. The second-order valence-corrected chi connectivity index (χ2v) is 3.94. The highest BCUT2D eigenvalue weighted by molar-refractivity contribution is 5.45. The lowest BCUT2D eigenvalue weighted by Crippen LogP contribution is -2.05. The molecule has 0 radical (unpaired) electrons. The Morgan fingerprint density at radius 1 is 1.26 bits per heavy atom. The van der Waals surface area contributed by atoms with Crippen molar-refractivity contribution in [3.05, 3.63) is 54.4 Å². The third-order valence-corrected chi connectivity index (χ3v) is 2.55. The predicted octanol–water partition coefficient (Wildman–Crippen LogP) is 3.61. The van der Waals surface area contributed by atoms with Crippen molar-refractivity contribution in [2.24, 2.45) is 0 Å². The normalized spacial score (nSPS) is 11.3. The van der Waals surface area contributed by atoms with Gasteiger partial charge in [-0.1, -0.05) is 6.58 Å². The van der Waals surface area contributed by atoms with Crippen LogP contribution in [-0.4, -0.2) is 9.78 Å². The van der Waals surface area contributed by atoms with Crippen molar-refractivity contribution in [3.8, 4) is 0 Å². The third kappa shape index (κ3) is 3.37. The molecule has 0 fully saturated rings. The smallest absolute Gasteiger partial charge is 0.381 e. The summed E-state index contributed by atoms with van der Waals surface area (Å²) in [4.78, 5) is 0. The molecule has 0 saturated carbocycles. The first kappa shape index (κ1) is 13.2. The molecule has 0 aliphatic carbocycles. The Kier molecular flexibility index (Phi) is 3.59. The first-order chi connectivity index (χ1) is 8.99. The molecule has 1 N–H and O–H groups in total. The van der Waals surface area contributed by atoms with Crippen molar-refractivity contribution in [1.82, 2.24) is 9.78 Å². The van der Waals surface area contributed by atoms with Gasteiger partial charge in [0.2, 0.25) is 0 Å². The van der Waals surface area contributed by atoms with Gasteiger partial charge >= 0.3 is 6.18 Å². The highest BCUT2D eigenvalue weighted by Gasteiger charge is 2.29. The summed E-state index contributed by atoms with van der Waals surface area (Å²) in [6.07, 6.45) is 0.702. The Labute approximate surface area is 108 Å². The van der Waals surface area contributed by atoms with E-state index in [4.69, 9.17) is 0 Å². The third-order valence-electron chi connectivity index (χ3n) is 2.55. The summed E-state index contributed by atoms with van der Waals surface area (Å²) < 4.78 is 38.7. The SMILES string of the molecule is C=Cn1cc(CNc2ccc(C(F)(F)F)cc2)cn1. The zero-order chi connectivity index (χ0) is 13.9.